The highest BCUT2D eigenvalue weighted by Gasteiger charge is 2.20. The number of benzene rings is 1. The van der Waals surface area contributed by atoms with Crippen molar-refractivity contribution in [2.24, 2.45) is 5.92 Å². The highest BCUT2D eigenvalue weighted by Crippen LogP contribution is 2.29. The van der Waals surface area contributed by atoms with E-state index in [9.17, 15) is 5.11 Å². The molecule has 17 heavy (non-hydrogen) atoms. The van der Waals surface area contributed by atoms with Gasteiger partial charge in [0.1, 0.15) is 0 Å². The summed E-state index contributed by atoms with van der Waals surface area (Å²) in [6.45, 7) is 6.26. The monoisotopic (exact) mass is 233 g/mol. The molecular formula is C15H23NO. The smallest absolute Gasteiger partial charge is 0.0761 e. The van der Waals surface area contributed by atoms with Crippen molar-refractivity contribution in [1.82, 2.24) is 0 Å². The van der Waals surface area contributed by atoms with Gasteiger partial charge >= 0.3 is 0 Å². The van der Waals surface area contributed by atoms with Crippen LogP contribution in [0.25, 0.3) is 0 Å². The molecule has 0 aliphatic heterocycles. The van der Waals surface area contributed by atoms with Gasteiger partial charge in [-0.2, -0.15) is 0 Å². The van der Waals surface area contributed by atoms with Gasteiger partial charge in [0.05, 0.1) is 6.10 Å². The summed E-state index contributed by atoms with van der Waals surface area (Å²) in [7, 11) is 0. The molecule has 1 aliphatic rings. The summed E-state index contributed by atoms with van der Waals surface area (Å²) >= 11 is 0. The largest absolute Gasteiger partial charge is 0.389 e. The van der Waals surface area contributed by atoms with E-state index in [1.54, 1.807) is 6.92 Å². The molecule has 1 atom stereocenters. The van der Waals surface area contributed by atoms with Crippen molar-refractivity contribution in [1.29, 1.82) is 0 Å². The Labute approximate surface area is 104 Å². The van der Waals surface area contributed by atoms with E-state index in [0.29, 0.717) is 0 Å². The average Bonchev–Trinajstić information content (AvgIpc) is 2.28. The molecule has 0 spiro atoms. The summed E-state index contributed by atoms with van der Waals surface area (Å²) in [5, 5.41) is 9.49. The van der Waals surface area contributed by atoms with Crippen LogP contribution in [-0.4, -0.2) is 18.2 Å². The van der Waals surface area contributed by atoms with Gasteiger partial charge in [-0.05, 0) is 50.3 Å². The first kappa shape index (κ1) is 12.4. The van der Waals surface area contributed by atoms with Crippen LogP contribution < -0.4 is 4.90 Å². The third kappa shape index (κ3) is 3.01. The molecule has 1 unspecified atom stereocenters. The standard InChI is InChI=1S/C15H23NO/c1-3-16(11-13-5-4-6-13)15-9-7-14(8-10-15)12(2)17/h7-10,12-13,17H,3-6,11H2,1-2H3. The second-order valence-electron chi connectivity index (χ2n) is 5.10. The Morgan fingerprint density at radius 2 is 1.94 bits per heavy atom. The summed E-state index contributed by atoms with van der Waals surface area (Å²) < 4.78 is 0. The third-order valence-corrected chi connectivity index (χ3v) is 3.83. The number of anilines is 1. The predicted octanol–water partition coefficient (Wildman–Crippen LogP) is 3.37. The first-order chi connectivity index (χ1) is 8.20. The fourth-order valence-corrected chi connectivity index (χ4v) is 2.37. The first-order valence-corrected chi connectivity index (χ1v) is 6.73. The van der Waals surface area contributed by atoms with E-state index in [-0.39, 0.29) is 6.10 Å². The van der Waals surface area contributed by atoms with E-state index in [1.165, 1.54) is 31.5 Å². The quantitative estimate of drug-likeness (QED) is 0.843. The summed E-state index contributed by atoms with van der Waals surface area (Å²) in [6.07, 6.45) is 3.82. The normalized spacial score (nSPS) is 17.6. The second kappa shape index (κ2) is 5.54. The van der Waals surface area contributed by atoms with Gasteiger partial charge in [-0.1, -0.05) is 18.6 Å². The molecule has 0 radical (unpaired) electrons. The molecule has 0 bridgehead atoms. The number of rotatable bonds is 5. The summed E-state index contributed by atoms with van der Waals surface area (Å²) in [4.78, 5) is 2.44. The maximum Gasteiger partial charge on any atom is 0.0761 e. The molecule has 0 aromatic heterocycles. The van der Waals surface area contributed by atoms with Crippen LogP contribution in [0.1, 0.15) is 44.8 Å². The Morgan fingerprint density at radius 1 is 1.29 bits per heavy atom. The van der Waals surface area contributed by atoms with Gasteiger partial charge in [0.15, 0.2) is 0 Å². The molecule has 1 aromatic carbocycles. The molecule has 1 aliphatic carbocycles. The maximum absolute atomic E-state index is 9.49. The zero-order valence-corrected chi connectivity index (χ0v) is 10.9. The number of hydrogen-bond acceptors (Lipinski definition) is 2. The van der Waals surface area contributed by atoms with Crippen LogP contribution in [-0.2, 0) is 0 Å². The van der Waals surface area contributed by atoms with Crippen molar-refractivity contribution in [3.63, 3.8) is 0 Å². The van der Waals surface area contributed by atoms with Gasteiger partial charge in [0, 0.05) is 18.8 Å². The Morgan fingerprint density at radius 3 is 2.35 bits per heavy atom. The van der Waals surface area contributed by atoms with Gasteiger partial charge in [0.2, 0.25) is 0 Å². The molecule has 94 valence electrons. The minimum Gasteiger partial charge on any atom is -0.389 e. The zero-order chi connectivity index (χ0) is 12.3. The van der Waals surface area contributed by atoms with E-state index in [4.69, 9.17) is 0 Å². The van der Waals surface area contributed by atoms with Crippen LogP contribution in [0.15, 0.2) is 24.3 Å². The van der Waals surface area contributed by atoms with Crippen LogP contribution in [0.5, 0.6) is 0 Å². The topological polar surface area (TPSA) is 23.5 Å². The SMILES string of the molecule is CCN(CC1CCC1)c1ccc(C(C)O)cc1. The Balaban J connectivity index is 2.02. The highest BCUT2D eigenvalue weighted by atomic mass is 16.3. The molecule has 1 fully saturated rings. The highest BCUT2D eigenvalue weighted by molar-refractivity contribution is 5.47. The summed E-state index contributed by atoms with van der Waals surface area (Å²) in [5.74, 6) is 0.895. The number of aliphatic hydroxyl groups is 1. The van der Waals surface area contributed by atoms with Gasteiger partial charge in [0.25, 0.3) is 0 Å². The van der Waals surface area contributed by atoms with Crippen molar-refractivity contribution in [2.75, 3.05) is 18.0 Å². The van der Waals surface area contributed by atoms with Crippen molar-refractivity contribution >= 4 is 5.69 Å². The number of nitrogens with zero attached hydrogens (tertiary/aromatic N) is 1. The number of aliphatic hydroxyl groups excluding tert-OH is 1. The molecule has 2 nitrogen and oxygen atoms in total. The second-order valence-corrected chi connectivity index (χ2v) is 5.10. The van der Waals surface area contributed by atoms with E-state index in [2.05, 4.69) is 24.0 Å². The number of hydrogen-bond donors (Lipinski definition) is 1. The summed E-state index contributed by atoms with van der Waals surface area (Å²) in [5.41, 5.74) is 2.28. The van der Waals surface area contributed by atoms with Gasteiger partial charge < -0.3 is 10.0 Å². The van der Waals surface area contributed by atoms with Crippen LogP contribution in [0.4, 0.5) is 5.69 Å². The molecule has 1 saturated carbocycles. The lowest BCUT2D eigenvalue weighted by molar-refractivity contribution is 0.199. The molecule has 0 saturated heterocycles. The molecule has 2 heteroatoms. The van der Waals surface area contributed by atoms with Crippen molar-refractivity contribution < 1.29 is 5.11 Å². The molecule has 2 rings (SSSR count). The molecule has 0 heterocycles. The Bertz CT molecular complexity index is 340. The lowest BCUT2D eigenvalue weighted by Gasteiger charge is -2.33. The Hall–Kier alpha value is -1.02. The van der Waals surface area contributed by atoms with E-state index in [0.717, 1.165) is 18.0 Å². The minimum atomic E-state index is -0.370. The lowest BCUT2D eigenvalue weighted by atomic mass is 9.85. The van der Waals surface area contributed by atoms with Crippen molar-refractivity contribution in [3.05, 3.63) is 29.8 Å². The van der Waals surface area contributed by atoms with Crippen LogP contribution in [0, 0.1) is 5.92 Å². The fraction of sp³-hybridized carbons (Fsp3) is 0.600. The first-order valence-electron chi connectivity index (χ1n) is 6.73. The molecule has 1 N–H and O–H groups in total. The fourth-order valence-electron chi connectivity index (χ4n) is 2.37. The predicted molar refractivity (Wildman–Crippen MR) is 72.3 cm³/mol. The minimum absolute atomic E-state index is 0.370. The molecular weight excluding hydrogens is 210 g/mol. The lowest BCUT2D eigenvalue weighted by Crippen LogP contribution is -2.32. The van der Waals surface area contributed by atoms with Gasteiger partial charge in [-0.15, -0.1) is 0 Å². The average molecular weight is 233 g/mol. The molecule has 1 aromatic rings. The van der Waals surface area contributed by atoms with E-state index in [1.807, 2.05) is 12.1 Å². The Kier molecular flexibility index (Phi) is 4.06. The van der Waals surface area contributed by atoms with Crippen LogP contribution >= 0.6 is 0 Å². The van der Waals surface area contributed by atoms with Crippen LogP contribution in [0.3, 0.4) is 0 Å². The van der Waals surface area contributed by atoms with Crippen LogP contribution in [0.2, 0.25) is 0 Å². The maximum atomic E-state index is 9.49. The van der Waals surface area contributed by atoms with Gasteiger partial charge in [-0.25, -0.2) is 0 Å². The van der Waals surface area contributed by atoms with Gasteiger partial charge in [-0.3, -0.25) is 0 Å². The third-order valence-electron chi connectivity index (χ3n) is 3.83. The van der Waals surface area contributed by atoms with Crippen molar-refractivity contribution in [2.45, 2.75) is 39.2 Å². The summed E-state index contributed by atoms with van der Waals surface area (Å²) in [6, 6.07) is 8.32. The zero-order valence-electron chi connectivity index (χ0n) is 10.9. The molecule has 0 amide bonds. The van der Waals surface area contributed by atoms with Crippen molar-refractivity contribution in [3.8, 4) is 0 Å². The van der Waals surface area contributed by atoms with E-state index < -0.39 is 0 Å². The van der Waals surface area contributed by atoms with E-state index >= 15 is 0 Å².